The standard InChI is InChI=1S/C11H15N5O3/c17-10-8-9(15-11(18)16-10)14-7(13-8)5-19-6-1-3-12-4-2-6/h6,12H,1-5H2,(H3,13,14,15,16,17,18). The maximum absolute atomic E-state index is 11.5. The lowest BCUT2D eigenvalue weighted by atomic mass is 10.1. The summed E-state index contributed by atoms with van der Waals surface area (Å²) in [7, 11) is 0. The lowest BCUT2D eigenvalue weighted by Gasteiger charge is -2.22. The molecular weight excluding hydrogens is 250 g/mol. The number of nitrogens with zero attached hydrogens (tertiary/aromatic N) is 1. The van der Waals surface area contributed by atoms with Gasteiger partial charge in [-0.1, -0.05) is 0 Å². The largest absolute Gasteiger partial charge is 0.370 e. The molecule has 2 aromatic rings. The van der Waals surface area contributed by atoms with Gasteiger partial charge >= 0.3 is 5.69 Å². The van der Waals surface area contributed by atoms with E-state index < -0.39 is 11.2 Å². The number of H-pyrrole nitrogens is 3. The van der Waals surface area contributed by atoms with Gasteiger partial charge < -0.3 is 15.0 Å². The Balaban J connectivity index is 1.76. The van der Waals surface area contributed by atoms with E-state index in [4.69, 9.17) is 4.74 Å². The summed E-state index contributed by atoms with van der Waals surface area (Å²) >= 11 is 0. The molecule has 4 N–H and O–H groups in total. The van der Waals surface area contributed by atoms with E-state index in [2.05, 4.69) is 25.3 Å². The van der Waals surface area contributed by atoms with Gasteiger partial charge in [-0.05, 0) is 25.9 Å². The fourth-order valence-electron chi connectivity index (χ4n) is 2.21. The minimum absolute atomic E-state index is 0.215. The number of rotatable bonds is 3. The van der Waals surface area contributed by atoms with Gasteiger partial charge in [0.15, 0.2) is 5.65 Å². The van der Waals surface area contributed by atoms with E-state index >= 15 is 0 Å². The number of piperidine rings is 1. The van der Waals surface area contributed by atoms with Crippen LogP contribution in [0.15, 0.2) is 9.59 Å². The topological polar surface area (TPSA) is 116 Å². The summed E-state index contributed by atoms with van der Waals surface area (Å²) in [6.45, 7) is 2.22. The summed E-state index contributed by atoms with van der Waals surface area (Å²) in [6, 6.07) is 0. The summed E-state index contributed by atoms with van der Waals surface area (Å²) in [4.78, 5) is 34.3. The lowest BCUT2D eigenvalue weighted by molar-refractivity contribution is 0.0182. The number of imidazole rings is 1. The van der Waals surface area contributed by atoms with Crippen LogP contribution < -0.4 is 16.6 Å². The highest BCUT2D eigenvalue weighted by Crippen LogP contribution is 2.10. The summed E-state index contributed by atoms with van der Waals surface area (Å²) in [5, 5.41) is 3.26. The lowest BCUT2D eigenvalue weighted by Crippen LogP contribution is -2.32. The maximum atomic E-state index is 11.5. The Labute approximate surface area is 107 Å². The van der Waals surface area contributed by atoms with Gasteiger partial charge in [0, 0.05) is 0 Å². The van der Waals surface area contributed by atoms with Gasteiger partial charge in [0.25, 0.3) is 5.56 Å². The molecule has 0 saturated carbocycles. The number of aromatic nitrogens is 4. The highest BCUT2D eigenvalue weighted by Gasteiger charge is 2.14. The molecule has 1 saturated heterocycles. The van der Waals surface area contributed by atoms with Crippen LogP contribution in [0, 0.1) is 0 Å². The van der Waals surface area contributed by atoms with Gasteiger partial charge in [0.1, 0.15) is 17.9 Å². The van der Waals surface area contributed by atoms with E-state index in [0.29, 0.717) is 12.4 Å². The predicted molar refractivity (Wildman–Crippen MR) is 68.0 cm³/mol. The van der Waals surface area contributed by atoms with E-state index in [-0.39, 0.29) is 17.3 Å². The van der Waals surface area contributed by atoms with Crippen molar-refractivity contribution in [3.05, 3.63) is 26.7 Å². The Kier molecular flexibility index (Phi) is 3.18. The molecule has 1 aliphatic heterocycles. The summed E-state index contributed by atoms with van der Waals surface area (Å²) in [6.07, 6.45) is 2.15. The van der Waals surface area contributed by atoms with Crippen LogP contribution in [0.4, 0.5) is 0 Å². The first-order valence-electron chi connectivity index (χ1n) is 6.26. The summed E-state index contributed by atoms with van der Waals surface area (Å²) < 4.78 is 5.73. The Hall–Kier alpha value is -1.93. The fourth-order valence-corrected chi connectivity index (χ4v) is 2.21. The van der Waals surface area contributed by atoms with Crippen molar-refractivity contribution in [2.24, 2.45) is 0 Å². The van der Waals surface area contributed by atoms with E-state index in [1.54, 1.807) is 0 Å². The number of ether oxygens (including phenoxy) is 1. The average Bonchev–Trinajstić information content (AvgIpc) is 2.81. The SMILES string of the molecule is O=c1[nH]c(=O)c2[nH]c(COC3CCNCC3)nc2[nH]1. The highest BCUT2D eigenvalue weighted by atomic mass is 16.5. The third-order valence-corrected chi connectivity index (χ3v) is 3.18. The molecule has 0 radical (unpaired) electrons. The monoisotopic (exact) mass is 265 g/mol. The number of hydrogen-bond donors (Lipinski definition) is 4. The molecule has 2 aromatic heterocycles. The van der Waals surface area contributed by atoms with Crippen LogP contribution in [-0.2, 0) is 11.3 Å². The van der Waals surface area contributed by atoms with Crippen LogP contribution in [0.3, 0.4) is 0 Å². The van der Waals surface area contributed by atoms with Crippen molar-refractivity contribution in [3.8, 4) is 0 Å². The summed E-state index contributed by atoms with van der Waals surface area (Å²) in [5.41, 5.74) is -0.504. The van der Waals surface area contributed by atoms with Crippen molar-refractivity contribution in [1.29, 1.82) is 0 Å². The zero-order valence-electron chi connectivity index (χ0n) is 10.3. The van der Waals surface area contributed by atoms with E-state index in [0.717, 1.165) is 25.9 Å². The molecule has 1 fully saturated rings. The van der Waals surface area contributed by atoms with E-state index in [1.807, 2.05) is 0 Å². The number of nitrogens with one attached hydrogen (secondary N) is 4. The van der Waals surface area contributed by atoms with Gasteiger partial charge in [-0.3, -0.25) is 14.8 Å². The van der Waals surface area contributed by atoms with Crippen molar-refractivity contribution >= 4 is 11.2 Å². The van der Waals surface area contributed by atoms with Crippen molar-refractivity contribution in [2.75, 3.05) is 13.1 Å². The van der Waals surface area contributed by atoms with E-state index in [9.17, 15) is 9.59 Å². The Morgan fingerprint density at radius 2 is 1.95 bits per heavy atom. The van der Waals surface area contributed by atoms with Crippen LogP contribution in [-0.4, -0.2) is 39.1 Å². The molecule has 0 bridgehead atoms. The second-order valence-electron chi connectivity index (χ2n) is 4.58. The predicted octanol–water partition coefficient (Wildman–Crippen LogP) is -0.792. The second kappa shape index (κ2) is 4.98. The van der Waals surface area contributed by atoms with Gasteiger partial charge in [-0.2, -0.15) is 0 Å². The van der Waals surface area contributed by atoms with Crippen molar-refractivity contribution in [3.63, 3.8) is 0 Å². The first kappa shape index (κ1) is 12.1. The minimum Gasteiger partial charge on any atom is -0.370 e. The molecule has 1 aliphatic rings. The number of hydrogen-bond acceptors (Lipinski definition) is 5. The van der Waals surface area contributed by atoms with Crippen LogP contribution in [0.1, 0.15) is 18.7 Å². The number of aromatic amines is 3. The molecule has 0 atom stereocenters. The normalized spacial score (nSPS) is 17.1. The zero-order valence-corrected chi connectivity index (χ0v) is 10.3. The maximum Gasteiger partial charge on any atom is 0.327 e. The smallest absolute Gasteiger partial charge is 0.327 e. The van der Waals surface area contributed by atoms with Gasteiger partial charge in [0.2, 0.25) is 0 Å². The molecule has 0 aliphatic carbocycles. The van der Waals surface area contributed by atoms with Crippen molar-refractivity contribution in [1.82, 2.24) is 25.3 Å². The Morgan fingerprint density at radius 3 is 2.74 bits per heavy atom. The Morgan fingerprint density at radius 1 is 1.16 bits per heavy atom. The minimum atomic E-state index is -0.560. The van der Waals surface area contributed by atoms with Crippen LogP contribution in [0.25, 0.3) is 11.2 Å². The molecule has 8 nitrogen and oxygen atoms in total. The molecule has 0 spiro atoms. The zero-order chi connectivity index (χ0) is 13.2. The highest BCUT2D eigenvalue weighted by molar-refractivity contribution is 5.68. The van der Waals surface area contributed by atoms with Crippen LogP contribution in [0.2, 0.25) is 0 Å². The molecule has 0 amide bonds. The third-order valence-electron chi connectivity index (χ3n) is 3.18. The van der Waals surface area contributed by atoms with Crippen molar-refractivity contribution in [2.45, 2.75) is 25.6 Å². The van der Waals surface area contributed by atoms with Crippen LogP contribution in [0.5, 0.6) is 0 Å². The summed E-state index contributed by atoms with van der Waals surface area (Å²) in [5.74, 6) is 0.542. The van der Waals surface area contributed by atoms with Gasteiger partial charge in [-0.25, -0.2) is 9.78 Å². The molecule has 3 heterocycles. The van der Waals surface area contributed by atoms with Crippen molar-refractivity contribution < 1.29 is 4.74 Å². The molecule has 0 unspecified atom stereocenters. The molecule has 3 rings (SSSR count). The van der Waals surface area contributed by atoms with Crippen LogP contribution >= 0.6 is 0 Å². The average molecular weight is 265 g/mol. The second-order valence-corrected chi connectivity index (χ2v) is 4.58. The van der Waals surface area contributed by atoms with Gasteiger partial charge in [0.05, 0.1) is 6.10 Å². The fraction of sp³-hybridized carbons (Fsp3) is 0.545. The quantitative estimate of drug-likeness (QED) is 0.580. The Bertz CT molecular complexity index is 679. The molecule has 102 valence electrons. The van der Waals surface area contributed by atoms with Gasteiger partial charge in [-0.15, -0.1) is 0 Å². The molecular formula is C11H15N5O3. The molecule has 19 heavy (non-hydrogen) atoms. The molecule has 0 aromatic carbocycles. The molecule has 8 heteroatoms. The number of fused-ring (bicyclic) bond motifs is 1. The first-order valence-corrected chi connectivity index (χ1v) is 6.26. The third kappa shape index (κ3) is 2.59. The first-order chi connectivity index (χ1) is 9.22. The van der Waals surface area contributed by atoms with E-state index in [1.165, 1.54) is 0 Å².